The van der Waals surface area contributed by atoms with Gasteiger partial charge in [-0.2, -0.15) is 0 Å². The second-order valence-corrected chi connectivity index (χ2v) is 6.14. The van der Waals surface area contributed by atoms with Gasteiger partial charge in [0.15, 0.2) is 0 Å². The molecule has 0 bridgehead atoms. The topological polar surface area (TPSA) is 30.5 Å². The summed E-state index contributed by atoms with van der Waals surface area (Å²) in [4.78, 5) is 0. The van der Waals surface area contributed by atoms with Gasteiger partial charge in [-0.15, -0.1) is 0 Å². The van der Waals surface area contributed by atoms with Crippen LogP contribution in [0.1, 0.15) is 56.7 Å². The van der Waals surface area contributed by atoms with Crippen molar-refractivity contribution in [2.45, 2.75) is 57.8 Å². The van der Waals surface area contributed by atoms with Gasteiger partial charge < -0.3 is 14.8 Å². The summed E-state index contributed by atoms with van der Waals surface area (Å²) >= 11 is 0. The van der Waals surface area contributed by atoms with Crippen molar-refractivity contribution in [1.82, 2.24) is 5.32 Å². The van der Waals surface area contributed by atoms with Gasteiger partial charge in [0.1, 0.15) is 0 Å². The fraction of sp³-hybridized carbons (Fsp3) is 0.667. The minimum atomic E-state index is 0.128. The molecule has 3 heteroatoms. The van der Waals surface area contributed by atoms with Crippen LogP contribution >= 0.6 is 0 Å². The Morgan fingerprint density at radius 2 is 2.00 bits per heavy atom. The van der Waals surface area contributed by atoms with Crippen molar-refractivity contribution in [1.29, 1.82) is 0 Å². The van der Waals surface area contributed by atoms with Crippen molar-refractivity contribution in [2.75, 3.05) is 20.3 Å². The molecule has 0 amide bonds. The number of hydrogen-bond acceptors (Lipinski definition) is 3. The minimum Gasteiger partial charge on any atom is -0.382 e. The van der Waals surface area contributed by atoms with Gasteiger partial charge in [0, 0.05) is 7.11 Å². The lowest BCUT2D eigenvalue weighted by Crippen LogP contribution is -2.41. The van der Waals surface area contributed by atoms with E-state index in [4.69, 9.17) is 9.47 Å². The van der Waals surface area contributed by atoms with Crippen molar-refractivity contribution in [3.8, 4) is 0 Å². The number of fused-ring (bicyclic) bond motifs is 1. The largest absolute Gasteiger partial charge is 0.382 e. The molecule has 0 fully saturated rings. The molecule has 1 N–H and O–H groups in total. The first-order valence-corrected chi connectivity index (χ1v) is 8.14. The third-order valence-electron chi connectivity index (χ3n) is 4.24. The first-order valence-electron chi connectivity index (χ1n) is 8.14. The molecule has 1 aromatic carbocycles. The summed E-state index contributed by atoms with van der Waals surface area (Å²) < 4.78 is 11.5. The highest BCUT2D eigenvalue weighted by Crippen LogP contribution is 2.39. The molecule has 0 saturated carbocycles. The molecule has 4 unspecified atom stereocenters. The molecule has 118 valence electrons. The average molecular weight is 291 g/mol. The van der Waals surface area contributed by atoms with E-state index in [-0.39, 0.29) is 18.2 Å². The Balaban J connectivity index is 2.19. The van der Waals surface area contributed by atoms with Crippen LogP contribution < -0.4 is 5.32 Å². The molecule has 0 spiro atoms. The lowest BCUT2D eigenvalue weighted by molar-refractivity contribution is -0.0624. The summed E-state index contributed by atoms with van der Waals surface area (Å²) in [7, 11) is 1.73. The first kappa shape index (κ1) is 16.5. The molecule has 1 aromatic rings. The van der Waals surface area contributed by atoms with E-state index in [0.717, 1.165) is 19.4 Å². The Bertz CT molecular complexity index is 435. The second-order valence-electron chi connectivity index (χ2n) is 6.14. The second kappa shape index (κ2) is 7.92. The van der Waals surface area contributed by atoms with Gasteiger partial charge in [0.2, 0.25) is 0 Å². The molecule has 3 nitrogen and oxygen atoms in total. The maximum Gasteiger partial charge on any atom is 0.0785 e. The normalized spacial score (nSPS) is 26.4. The molecule has 0 radical (unpaired) electrons. The van der Waals surface area contributed by atoms with E-state index in [1.165, 1.54) is 11.1 Å². The van der Waals surface area contributed by atoms with Crippen molar-refractivity contribution in [3.63, 3.8) is 0 Å². The van der Waals surface area contributed by atoms with Gasteiger partial charge in [0.25, 0.3) is 0 Å². The number of nitrogens with one attached hydrogen (secondary N) is 1. The molecule has 1 aliphatic rings. The summed E-state index contributed by atoms with van der Waals surface area (Å²) in [5.74, 6) is 0.542. The van der Waals surface area contributed by atoms with E-state index < -0.39 is 0 Å². The lowest BCUT2D eigenvalue weighted by Gasteiger charge is -2.38. The highest BCUT2D eigenvalue weighted by Gasteiger charge is 2.34. The van der Waals surface area contributed by atoms with Gasteiger partial charge >= 0.3 is 0 Å². The fourth-order valence-corrected chi connectivity index (χ4v) is 3.30. The molecule has 0 aromatic heterocycles. The lowest BCUT2D eigenvalue weighted by atomic mass is 9.79. The van der Waals surface area contributed by atoms with Crippen LogP contribution in [0.4, 0.5) is 0 Å². The SMILES string of the molecule is CCCNC1c2ccccc2C(C)CC1OC(C)COC. The van der Waals surface area contributed by atoms with E-state index in [2.05, 4.69) is 50.4 Å². The number of hydrogen-bond donors (Lipinski definition) is 1. The zero-order chi connectivity index (χ0) is 15.2. The molecule has 0 heterocycles. The van der Waals surface area contributed by atoms with Crippen LogP contribution in [-0.4, -0.2) is 32.5 Å². The molecule has 0 saturated heterocycles. The van der Waals surface area contributed by atoms with Crippen LogP contribution in [0.25, 0.3) is 0 Å². The molecular weight excluding hydrogens is 262 g/mol. The standard InChI is InChI=1S/C18H29NO2/c1-5-10-19-18-16-9-7-6-8-15(16)13(2)11-17(18)21-14(3)12-20-4/h6-9,13-14,17-19H,5,10-12H2,1-4H3. The zero-order valence-electron chi connectivity index (χ0n) is 13.8. The van der Waals surface area contributed by atoms with Crippen molar-refractivity contribution < 1.29 is 9.47 Å². The highest BCUT2D eigenvalue weighted by atomic mass is 16.5. The number of rotatable bonds is 7. The van der Waals surface area contributed by atoms with Crippen molar-refractivity contribution >= 4 is 0 Å². The van der Waals surface area contributed by atoms with Gasteiger partial charge in [-0.05, 0) is 43.4 Å². The third kappa shape index (κ3) is 4.06. The predicted molar refractivity (Wildman–Crippen MR) is 86.7 cm³/mol. The maximum absolute atomic E-state index is 6.28. The van der Waals surface area contributed by atoms with Gasteiger partial charge in [0.05, 0.1) is 24.9 Å². The molecule has 4 atom stereocenters. The van der Waals surface area contributed by atoms with Crippen LogP contribution in [0.5, 0.6) is 0 Å². The summed E-state index contributed by atoms with van der Waals surface area (Å²) in [6, 6.07) is 9.07. The molecule has 0 aliphatic heterocycles. The van der Waals surface area contributed by atoms with E-state index in [1.54, 1.807) is 7.11 Å². The quantitative estimate of drug-likeness (QED) is 0.831. The number of benzene rings is 1. The van der Waals surface area contributed by atoms with E-state index >= 15 is 0 Å². The van der Waals surface area contributed by atoms with E-state index in [0.29, 0.717) is 12.5 Å². The monoisotopic (exact) mass is 291 g/mol. The summed E-state index contributed by atoms with van der Waals surface area (Å²) in [5.41, 5.74) is 2.87. The Hall–Kier alpha value is -0.900. The maximum atomic E-state index is 6.28. The van der Waals surface area contributed by atoms with Crippen LogP contribution in [0.3, 0.4) is 0 Å². The molecule has 1 aliphatic carbocycles. The van der Waals surface area contributed by atoms with Crippen molar-refractivity contribution in [3.05, 3.63) is 35.4 Å². The number of ether oxygens (including phenoxy) is 2. The summed E-state index contributed by atoms with van der Waals surface area (Å²) in [5, 5.41) is 3.68. The highest BCUT2D eigenvalue weighted by molar-refractivity contribution is 5.36. The van der Waals surface area contributed by atoms with Crippen molar-refractivity contribution in [2.24, 2.45) is 0 Å². The Labute approximate surface area is 129 Å². The number of methoxy groups -OCH3 is 1. The van der Waals surface area contributed by atoms with Crippen LogP contribution in [0.2, 0.25) is 0 Å². The summed E-state index contributed by atoms with van der Waals surface area (Å²) in [6.45, 7) is 8.25. The van der Waals surface area contributed by atoms with E-state index in [1.807, 2.05) is 0 Å². The zero-order valence-corrected chi connectivity index (χ0v) is 13.8. The van der Waals surface area contributed by atoms with Gasteiger partial charge in [-0.1, -0.05) is 38.1 Å². The Morgan fingerprint density at radius 3 is 2.67 bits per heavy atom. The Kier molecular flexibility index (Phi) is 6.22. The molecule has 21 heavy (non-hydrogen) atoms. The fourth-order valence-electron chi connectivity index (χ4n) is 3.30. The summed E-state index contributed by atoms with van der Waals surface area (Å²) in [6.07, 6.45) is 2.54. The smallest absolute Gasteiger partial charge is 0.0785 e. The first-order chi connectivity index (χ1) is 10.2. The third-order valence-corrected chi connectivity index (χ3v) is 4.24. The van der Waals surface area contributed by atoms with Crippen LogP contribution in [-0.2, 0) is 9.47 Å². The van der Waals surface area contributed by atoms with Crippen LogP contribution in [0.15, 0.2) is 24.3 Å². The molecule has 2 rings (SSSR count). The van der Waals surface area contributed by atoms with E-state index in [9.17, 15) is 0 Å². The van der Waals surface area contributed by atoms with Gasteiger partial charge in [-0.25, -0.2) is 0 Å². The Morgan fingerprint density at radius 1 is 1.29 bits per heavy atom. The molecular formula is C18H29NO2. The van der Waals surface area contributed by atoms with Gasteiger partial charge in [-0.3, -0.25) is 0 Å². The predicted octanol–water partition coefficient (Wildman–Crippen LogP) is 3.65. The van der Waals surface area contributed by atoms with Crippen LogP contribution in [0, 0.1) is 0 Å². The minimum absolute atomic E-state index is 0.128. The average Bonchev–Trinajstić information content (AvgIpc) is 2.47.